The van der Waals surface area contributed by atoms with E-state index in [1.807, 2.05) is 31.5 Å². The molecule has 3 aromatic heterocycles. The fraction of sp³-hybridized carbons (Fsp3) is 0.630. The second kappa shape index (κ2) is 9.59. The smallest absolute Gasteiger partial charge is 0.253 e. The lowest BCUT2D eigenvalue weighted by molar-refractivity contribution is 0.0729. The molecule has 1 saturated carbocycles. The van der Waals surface area contributed by atoms with Crippen LogP contribution in [0.5, 0.6) is 0 Å². The summed E-state index contributed by atoms with van der Waals surface area (Å²) < 4.78 is 7.20. The molecule has 2 aliphatic rings. The molecule has 2 N–H and O–H groups in total. The molecule has 1 aliphatic heterocycles. The predicted molar refractivity (Wildman–Crippen MR) is 140 cm³/mol. The average molecular weight is 483 g/mol. The number of thiazole rings is 1. The molecule has 1 saturated heterocycles. The number of aromatic nitrogens is 3. The van der Waals surface area contributed by atoms with Crippen molar-refractivity contribution in [2.24, 2.45) is 7.05 Å². The van der Waals surface area contributed by atoms with Gasteiger partial charge in [-0.3, -0.25) is 4.79 Å². The summed E-state index contributed by atoms with van der Waals surface area (Å²) in [5.74, 6) is 0.901. The van der Waals surface area contributed by atoms with Crippen molar-refractivity contribution in [3.8, 4) is 11.3 Å². The third-order valence-corrected chi connectivity index (χ3v) is 9.09. The van der Waals surface area contributed by atoms with Crippen molar-refractivity contribution < 1.29 is 4.74 Å². The second-order valence-electron chi connectivity index (χ2n) is 10.6. The Morgan fingerprint density at radius 1 is 1.09 bits per heavy atom. The van der Waals surface area contributed by atoms with Crippen LogP contribution in [0.1, 0.15) is 85.9 Å². The standard InChI is InChI=1S/C27H38N4O2S/c1-15(2)22-23(21-14-31(5)27(32)17(4)16(21)3)29-26-24(22)30-25(34-26)18-6-8-19(9-7-18)28-20-10-12-33-13-11-20/h14-15,18-20,28-29H,6-13H2,1-5H3. The van der Waals surface area contributed by atoms with Crippen LogP contribution in [-0.4, -0.2) is 39.8 Å². The van der Waals surface area contributed by atoms with Crippen molar-refractivity contribution in [3.05, 3.63) is 38.2 Å². The normalized spacial score (nSPS) is 22.2. The van der Waals surface area contributed by atoms with Crippen molar-refractivity contribution in [3.63, 3.8) is 0 Å². The molecule has 34 heavy (non-hydrogen) atoms. The van der Waals surface area contributed by atoms with Crippen LogP contribution in [-0.2, 0) is 11.8 Å². The number of ether oxygens (including phenoxy) is 1. The highest BCUT2D eigenvalue weighted by Gasteiger charge is 2.29. The number of nitrogens with zero attached hydrogens (tertiary/aromatic N) is 2. The first-order chi connectivity index (χ1) is 16.3. The third kappa shape index (κ3) is 4.38. The largest absolute Gasteiger partial charge is 0.381 e. The SMILES string of the molecule is Cc1c(-c2[nH]c3sc(C4CCC(NC5CCOCC5)CC4)nc3c2C(C)C)cn(C)c(=O)c1C. The van der Waals surface area contributed by atoms with Gasteiger partial charge in [-0.05, 0) is 63.9 Å². The number of aryl methyl sites for hydroxylation is 1. The minimum atomic E-state index is 0.0723. The Morgan fingerprint density at radius 2 is 1.76 bits per heavy atom. The Morgan fingerprint density at radius 3 is 2.44 bits per heavy atom. The zero-order valence-corrected chi connectivity index (χ0v) is 22.0. The molecule has 7 heteroatoms. The van der Waals surface area contributed by atoms with E-state index in [0.717, 1.165) is 54.0 Å². The highest BCUT2D eigenvalue weighted by Crippen LogP contribution is 2.42. The molecule has 4 heterocycles. The first-order valence-corrected chi connectivity index (χ1v) is 13.7. The lowest BCUT2D eigenvalue weighted by Gasteiger charge is -2.33. The van der Waals surface area contributed by atoms with Gasteiger partial charge in [0.05, 0.1) is 10.7 Å². The van der Waals surface area contributed by atoms with E-state index in [1.54, 1.807) is 4.57 Å². The van der Waals surface area contributed by atoms with Crippen molar-refractivity contribution in [2.45, 2.75) is 90.1 Å². The quantitative estimate of drug-likeness (QED) is 0.502. The summed E-state index contributed by atoms with van der Waals surface area (Å²) in [5, 5.41) is 5.18. The van der Waals surface area contributed by atoms with E-state index in [1.165, 1.54) is 41.1 Å². The van der Waals surface area contributed by atoms with Crippen LogP contribution in [0.3, 0.4) is 0 Å². The maximum atomic E-state index is 12.4. The molecule has 5 rings (SSSR count). The summed E-state index contributed by atoms with van der Waals surface area (Å²) in [5.41, 5.74) is 6.56. The Balaban J connectivity index is 1.38. The number of rotatable bonds is 5. The zero-order chi connectivity index (χ0) is 24.0. The van der Waals surface area contributed by atoms with Crippen LogP contribution in [0.2, 0.25) is 0 Å². The van der Waals surface area contributed by atoms with Crippen molar-refractivity contribution in [2.75, 3.05) is 13.2 Å². The van der Waals surface area contributed by atoms with Gasteiger partial charge in [0.15, 0.2) is 0 Å². The van der Waals surface area contributed by atoms with Crippen LogP contribution < -0.4 is 10.9 Å². The van der Waals surface area contributed by atoms with Gasteiger partial charge in [0.2, 0.25) is 0 Å². The van der Waals surface area contributed by atoms with Gasteiger partial charge in [0.25, 0.3) is 5.56 Å². The van der Waals surface area contributed by atoms with Gasteiger partial charge in [0.1, 0.15) is 10.3 Å². The Bertz CT molecular complexity index is 1220. The van der Waals surface area contributed by atoms with Crippen molar-refractivity contribution >= 4 is 21.7 Å². The summed E-state index contributed by atoms with van der Waals surface area (Å²) in [6.07, 6.45) is 9.14. The number of pyridine rings is 1. The molecule has 0 aromatic carbocycles. The summed E-state index contributed by atoms with van der Waals surface area (Å²) >= 11 is 1.83. The first kappa shape index (κ1) is 23.8. The fourth-order valence-electron chi connectivity index (χ4n) is 5.79. The Hall–Kier alpha value is -1.96. The summed E-state index contributed by atoms with van der Waals surface area (Å²) in [6, 6.07) is 1.27. The van der Waals surface area contributed by atoms with Crippen LogP contribution in [0, 0.1) is 13.8 Å². The molecule has 0 spiro atoms. The maximum absolute atomic E-state index is 12.4. The number of aromatic amines is 1. The lowest BCUT2D eigenvalue weighted by Crippen LogP contribution is -2.43. The molecular formula is C27H38N4O2S. The first-order valence-electron chi connectivity index (χ1n) is 12.9. The lowest BCUT2D eigenvalue weighted by atomic mass is 9.85. The number of hydrogen-bond donors (Lipinski definition) is 2. The third-order valence-electron chi connectivity index (χ3n) is 7.95. The molecule has 1 aliphatic carbocycles. The highest BCUT2D eigenvalue weighted by atomic mass is 32.1. The van der Waals surface area contributed by atoms with Crippen LogP contribution >= 0.6 is 11.3 Å². The molecule has 2 fully saturated rings. The van der Waals surface area contributed by atoms with Crippen LogP contribution in [0.15, 0.2) is 11.0 Å². The maximum Gasteiger partial charge on any atom is 0.253 e. The van der Waals surface area contributed by atoms with E-state index in [-0.39, 0.29) is 5.56 Å². The van der Waals surface area contributed by atoms with Gasteiger partial charge in [-0.1, -0.05) is 13.8 Å². The minimum absolute atomic E-state index is 0.0723. The number of fused-ring (bicyclic) bond motifs is 1. The average Bonchev–Trinajstić information content (AvgIpc) is 3.39. The molecule has 3 aromatic rings. The Kier molecular flexibility index (Phi) is 6.70. The van der Waals surface area contributed by atoms with Crippen LogP contribution in [0.4, 0.5) is 0 Å². The molecule has 0 atom stereocenters. The molecule has 0 unspecified atom stereocenters. The fourth-order valence-corrected chi connectivity index (χ4v) is 6.94. The topological polar surface area (TPSA) is 71.9 Å². The monoisotopic (exact) mass is 482 g/mol. The predicted octanol–water partition coefficient (Wildman–Crippen LogP) is 5.53. The summed E-state index contributed by atoms with van der Waals surface area (Å²) in [7, 11) is 1.84. The minimum Gasteiger partial charge on any atom is -0.381 e. The van der Waals surface area contributed by atoms with Gasteiger partial charge in [0, 0.05) is 61.2 Å². The Labute approximate surface area is 206 Å². The molecular weight excluding hydrogens is 444 g/mol. The molecule has 184 valence electrons. The van der Waals surface area contributed by atoms with Gasteiger partial charge >= 0.3 is 0 Å². The molecule has 0 bridgehead atoms. The van der Waals surface area contributed by atoms with Crippen molar-refractivity contribution in [1.82, 2.24) is 19.9 Å². The number of H-pyrrole nitrogens is 1. The highest BCUT2D eigenvalue weighted by molar-refractivity contribution is 7.18. The van der Waals surface area contributed by atoms with E-state index < -0.39 is 0 Å². The number of nitrogens with one attached hydrogen (secondary N) is 2. The summed E-state index contributed by atoms with van der Waals surface area (Å²) in [4.78, 5) is 22.5. The van der Waals surface area contributed by atoms with Crippen LogP contribution in [0.25, 0.3) is 21.6 Å². The van der Waals surface area contributed by atoms with E-state index >= 15 is 0 Å². The van der Waals surface area contributed by atoms with E-state index in [2.05, 4.69) is 31.1 Å². The van der Waals surface area contributed by atoms with Gasteiger partial charge in [-0.25, -0.2) is 4.98 Å². The summed E-state index contributed by atoms with van der Waals surface area (Å²) in [6.45, 7) is 10.3. The molecule has 6 nitrogen and oxygen atoms in total. The zero-order valence-electron chi connectivity index (χ0n) is 21.2. The van der Waals surface area contributed by atoms with Gasteiger partial charge in [-0.2, -0.15) is 0 Å². The van der Waals surface area contributed by atoms with Gasteiger partial charge < -0.3 is 19.6 Å². The van der Waals surface area contributed by atoms with E-state index in [4.69, 9.17) is 9.72 Å². The van der Waals surface area contributed by atoms with Gasteiger partial charge in [-0.15, -0.1) is 11.3 Å². The van der Waals surface area contributed by atoms with Crippen molar-refractivity contribution in [1.29, 1.82) is 0 Å². The number of hydrogen-bond acceptors (Lipinski definition) is 5. The molecule has 0 radical (unpaired) electrons. The van der Waals surface area contributed by atoms with E-state index in [0.29, 0.717) is 23.9 Å². The second-order valence-corrected chi connectivity index (χ2v) is 11.6. The van der Waals surface area contributed by atoms with E-state index in [9.17, 15) is 4.79 Å². The molecule has 0 amide bonds.